The molecule has 2 fully saturated rings. The fourth-order valence-electron chi connectivity index (χ4n) is 4.46. The second-order valence-corrected chi connectivity index (χ2v) is 8.89. The topological polar surface area (TPSA) is 85.4 Å². The predicted octanol–water partition coefficient (Wildman–Crippen LogP) is 1.89. The summed E-state index contributed by atoms with van der Waals surface area (Å²) in [7, 11) is 3.35. The van der Waals surface area contributed by atoms with Crippen LogP contribution in [0.1, 0.15) is 39.2 Å². The van der Waals surface area contributed by atoms with Crippen LogP contribution in [0.5, 0.6) is 5.75 Å². The van der Waals surface area contributed by atoms with Crippen LogP contribution >= 0.6 is 0 Å². The molecule has 2 aliphatic rings. The SMILES string of the molecule is CCC[C@H]1C(=O)N(CC(C)C)C[C@H]2N1C(=O)CN(C)N2C(=O)NCc1ccc(OC)cc1. The molecule has 2 heterocycles. The molecule has 2 atom stereocenters. The lowest BCUT2D eigenvalue weighted by atomic mass is 10.0. The first-order chi connectivity index (χ1) is 15.3. The number of hydrogen-bond acceptors (Lipinski definition) is 5. The molecule has 1 aromatic carbocycles. The number of benzene rings is 1. The van der Waals surface area contributed by atoms with E-state index < -0.39 is 12.2 Å². The van der Waals surface area contributed by atoms with Crippen molar-refractivity contribution in [1.82, 2.24) is 25.1 Å². The summed E-state index contributed by atoms with van der Waals surface area (Å²) < 4.78 is 5.18. The molecule has 3 rings (SSSR count). The van der Waals surface area contributed by atoms with Gasteiger partial charge in [-0.2, -0.15) is 0 Å². The van der Waals surface area contributed by atoms with Crippen molar-refractivity contribution in [2.45, 2.75) is 52.4 Å². The van der Waals surface area contributed by atoms with Crippen LogP contribution in [-0.4, -0.2) is 83.7 Å². The lowest BCUT2D eigenvalue weighted by Crippen LogP contribution is -2.76. The maximum atomic E-state index is 13.2. The van der Waals surface area contributed by atoms with Gasteiger partial charge in [-0.25, -0.2) is 14.8 Å². The molecular weight excluding hydrogens is 410 g/mol. The number of rotatable bonds is 7. The van der Waals surface area contributed by atoms with E-state index in [1.54, 1.807) is 29.1 Å². The van der Waals surface area contributed by atoms with Crippen LogP contribution < -0.4 is 10.1 Å². The van der Waals surface area contributed by atoms with Gasteiger partial charge in [-0.1, -0.05) is 39.3 Å². The monoisotopic (exact) mass is 445 g/mol. The van der Waals surface area contributed by atoms with Crippen LogP contribution in [0, 0.1) is 5.92 Å². The minimum Gasteiger partial charge on any atom is -0.497 e. The zero-order valence-corrected chi connectivity index (χ0v) is 19.7. The van der Waals surface area contributed by atoms with Gasteiger partial charge in [0.1, 0.15) is 18.0 Å². The van der Waals surface area contributed by atoms with Gasteiger partial charge in [-0.05, 0) is 30.0 Å². The van der Waals surface area contributed by atoms with E-state index in [1.165, 1.54) is 0 Å². The molecule has 0 spiro atoms. The van der Waals surface area contributed by atoms with E-state index in [-0.39, 0.29) is 24.4 Å². The van der Waals surface area contributed by atoms with Crippen LogP contribution in [0.2, 0.25) is 0 Å². The van der Waals surface area contributed by atoms with Gasteiger partial charge >= 0.3 is 6.03 Å². The lowest BCUT2D eigenvalue weighted by Gasteiger charge is -2.54. The summed E-state index contributed by atoms with van der Waals surface area (Å²) in [6, 6.07) is 6.67. The highest BCUT2D eigenvalue weighted by Crippen LogP contribution is 2.28. The smallest absolute Gasteiger partial charge is 0.334 e. The summed E-state index contributed by atoms with van der Waals surface area (Å²) in [5.41, 5.74) is 0.941. The van der Waals surface area contributed by atoms with Crippen LogP contribution in [-0.2, 0) is 16.1 Å². The number of urea groups is 1. The Labute approximate surface area is 190 Å². The Morgan fingerprint density at radius 1 is 1.22 bits per heavy atom. The first-order valence-electron chi connectivity index (χ1n) is 11.3. The second-order valence-electron chi connectivity index (χ2n) is 8.89. The molecule has 0 bridgehead atoms. The lowest BCUT2D eigenvalue weighted by molar-refractivity contribution is -0.187. The second kappa shape index (κ2) is 10.2. The molecule has 1 aromatic rings. The Kier molecular flexibility index (Phi) is 7.60. The minimum absolute atomic E-state index is 0.0201. The number of nitrogens with zero attached hydrogens (tertiary/aromatic N) is 4. The molecular formula is C23H35N5O4. The van der Waals surface area contributed by atoms with Gasteiger partial charge < -0.3 is 19.9 Å². The standard InChI is InChI=1S/C23H35N5O4/c1-6-7-19-22(30)26(13-16(2)3)14-20-27(19)21(29)15-25(4)28(20)23(31)24-12-17-8-10-18(32-5)11-9-17/h8-11,16,19-20H,6-7,12-15H2,1-5H3,(H,24,31)/t19-,20-/m0/s1. The van der Waals surface area contributed by atoms with Crippen molar-refractivity contribution in [2.75, 3.05) is 33.8 Å². The maximum absolute atomic E-state index is 13.2. The average molecular weight is 446 g/mol. The van der Waals surface area contributed by atoms with Crippen molar-refractivity contribution in [3.05, 3.63) is 29.8 Å². The molecule has 0 unspecified atom stereocenters. The number of nitrogens with one attached hydrogen (secondary N) is 1. The Morgan fingerprint density at radius 3 is 2.50 bits per heavy atom. The van der Waals surface area contributed by atoms with Crippen molar-refractivity contribution in [3.8, 4) is 5.75 Å². The molecule has 4 amide bonds. The van der Waals surface area contributed by atoms with Crippen LogP contribution in [0.3, 0.4) is 0 Å². The molecule has 2 aliphatic heterocycles. The number of methoxy groups -OCH3 is 1. The highest BCUT2D eigenvalue weighted by Gasteiger charge is 2.50. The summed E-state index contributed by atoms with van der Waals surface area (Å²) in [6.07, 6.45) is 0.841. The molecule has 9 heteroatoms. The Hall–Kier alpha value is -2.81. The zero-order valence-electron chi connectivity index (χ0n) is 19.7. The fraction of sp³-hybridized carbons (Fsp3) is 0.609. The Bertz CT molecular complexity index is 828. The van der Waals surface area contributed by atoms with Crippen LogP contribution in [0.4, 0.5) is 4.79 Å². The van der Waals surface area contributed by atoms with E-state index in [9.17, 15) is 14.4 Å². The first kappa shape index (κ1) is 23.8. The van der Waals surface area contributed by atoms with Gasteiger partial charge in [-0.15, -0.1) is 0 Å². The van der Waals surface area contributed by atoms with Crippen molar-refractivity contribution in [3.63, 3.8) is 0 Å². The molecule has 0 aliphatic carbocycles. The minimum atomic E-state index is -0.532. The van der Waals surface area contributed by atoms with Crippen molar-refractivity contribution in [1.29, 1.82) is 0 Å². The van der Waals surface area contributed by atoms with Gasteiger partial charge in [0, 0.05) is 20.1 Å². The van der Waals surface area contributed by atoms with Gasteiger partial charge in [0.15, 0.2) is 0 Å². The quantitative estimate of drug-likeness (QED) is 0.693. The number of hydrazine groups is 1. The third-order valence-electron chi connectivity index (χ3n) is 5.90. The number of likely N-dealkylation sites (N-methyl/N-ethyl adjacent to an activating group) is 1. The maximum Gasteiger partial charge on any atom is 0.334 e. The van der Waals surface area contributed by atoms with Gasteiger partial charge in [-0.3, -0.25) is 9.59 Å². The fourth-order valence-corrected chi connectivity index (χ4v) is 4.46. The molecule has 1 N–H and O–H groups in total. The highest BCUT2D eigenvalue weighted by molar-refractivity contribution is 5.91. The molecule has 0 saturated carbocycles. The molecule has 0 aromatic heterocycles. The Balaban J connectivity index is 1.81. The van der Waals surface area contributed by atoms with Crippen molar-refractivity contribution < 1.29 is 19.1 Å². The molecule has 0 radical (unpaired) electrons. The number of hydrogen-bond donors (Lipinski definition) is 1. The number of ether oxygens (including phenoxy) is 1. The average Bonchev–Trinajstić information content (AvgIpc) is 2.75. The van der Waals surface area contributed by atoms with Gasteiger partial charge in [0.05, 0.1) is 20.2 Å². The van der Waals surface area contributed by atoms with Gasteiger partial charge in [0.2, 0.25) is 11.8 Å². The van der Waals surface area contributed by atoms with Gasteiger partial charge in [0.25, 0.3) is 0 Å². The number of carbonyl (C=O) groups excluding carboxylic acids is 3. The third-order valence-corrected chi connectivity index (χ3v) is 5.90. The number of piperazine rings is 1. The molecule has 32 heavy (non-hydrogen) atoms. The summed E-state index contributed by atoms with van der Waals surface area (Å²) >= 11 is 0. The molecule has 9 nitrogen and oxygen atoms in total. The Morgan fingerprint density at radius 2 is 1.91 bits per heavy atom. The third kappa shape index (κ3) is 4.98. The number of amides is 4. The predicted molar refractivity (Wildman–Crippen MR) is 120 cm³/mol. The highest BCUT2D eigenvalue weighted by atomic mass is 16.5. The van der Waals surface area contributed by atoms with Crippen LogP contribution in [0.25, 0.3) is 0 Å². The molecule has 176 valence electrons. The largest absolute Gasteiger partial charge is 0.497 e. The molecule has 2 saturated heterocycles. The van der Waals surface area contributed by atoms with E-state index in [4.69, 9.17) is 4.74 Å². The van der Waals surface area contributed by atoms with Crippen molar-refractivity contribution in [2.24, 2.45) is 5.92 Å². The summed E-state index contributed by atoms with van der Waals surface area (Å²) in [6.45, 7) is 7.44. The summed E-state index contributed by atoms with van der Waals surface area (Å²) in [5.74, 6) is 0.909. The van der Waals surface area contributed by atoms with E-state index in [1.807, 2.05) is 36.1 Å². The normalized spacial score (nSPS) is 21.8. The zero-order chi connectivity index (χ0) is 23.4. The van der Waals surface area contributed by atoms with Crippen LogP contribution in [0.15, 0.2) is 24.3 Å². The number of carbonyl (C=O) groups is 3. The number of fused-ring (bicyclic) bond motifs is 1. The van der Waals surface area contributed by atoms with E-state index >= 15 is 0 Å². The summed E-state index contributed by atoms with van der Waals surface area (Å²) in [4.78, 5) is 42.8. The van der Waals surface area contributed by atoms with E-state index in [0.29, 0.717) is 32.0 Å². The van der Waals surface area contributed by atoms with Crippen molar-refractivity contribution >= 4 is 17.8 Å². The first-order valence-corrected chi connectivity index (χ1v) is 11.3. The van der Waals surface area contributed by atoms with E-state index in [2.05, 4.69) is 19.2 Å². The van der Waals surface area contributed by atoms with E-state index in [0.717, 1.165) is 17.7 Å². The summed E-state index contributed by atoms with van der Waals surface area (Å²) in [5, 5.41) is 6.20.